The molecule has 0 fully saturated rings. The fourth-order valence-electron chi connectivity index (χ4n) is 3.75. The Bertz CT molecular complexity index is 1330. The van der Waals surface area contributed by atoms with E-state index in [0.717, 1.165) is 4.47 Å². The van der Waals surface area contributed by atoms with E-state index in [2.05, 4.69) is 31.2 Å². The Balaban J connectivity index is 1.75. The van der Waals surface area contributed by atoms with Crippen molar-refractivity contribution in [3.8, 4) is 5.75 Å². The second kappa shape index (κ2) is 9.42. The van der Waals surface area contributed by atoms with Crippen molar-refractivity contribution in [1.82, 2.24) is 9.55 Å². The molecule has 11 heteroatoms. The van der Waals surface area contributed by atoms with Crippen molar-refractivity contribution in [1.29, 1.82) is 0 Å². The highest BCUT2D eigenvalue weighted by molar-refractivity contribution is 9.10. The largest absolute Gasteiger partial charge is 0.496 e. The monoisotopic (exact) mass is 554 g/mol. The van der Waals surface area contributed by atoms with Gasteiger partial charge in [0.25, 0.3) is 5.91 Å². The van der Waals surface area contributed by atoms with Crippen molar-refractivity contribution in [2.24, 2.45) is 12.0 Å². The Morgan fingerprint density at radius 2 is 1.94 bits per heavy atom. The lowest BCUT2D eigenvalue weighted by molar-refractivity contribution is -0.0870. The predicted molar refractivity (Wildman–Crippen MR) is 129 cm³/mol. The van der Waals surface area contributed by atoms with Gasteiger partial charge < -0.3 is 14.6 Å². The van der Waals surface area contributed by atoms with Crippen LogP contribution in [0.15, 0.2) is 56.5 Å². The summed E-state index contributed by atoms with van der Waals surface area (Å²) < 4.78 is 48.6. The number of methoxy groups -OCH3 is 1. The highest BCUT2D eigenvalue weighted by Gasteiger charge is 2.40. The number of alkyl halides is 3. The first-order chi connectivity index (χ1) is 16.1. The van der Waals surface area contributed by atoms with Crippen LogP contribution in [0.3, 0.4) is 0 Å². The highest BCUT2D eigenvalue weighted by Crippen LogP contribution is 2.38. The number of anilines is 1. The minimum Gasteiger partial charge on any atom is -0.496 e. The summed E-state index contributed by atoms with van der Waals surface area (Å²) >= 11 is 9.25. The quantitative estimate of drug-likeness (QED) is 0.380. The number of amides is 1. The van der Waals surface area contributed by atoms with E-state index in [4.69, 9.17) is 16.3 Å². The summed E-state index contributed by atoms with van der Waals surface area (Å²) in [6.45, 7) is 0. The van der Waals surface area contributed by atoms with E-state index in [-0.39, 0.29) is 35.1 Å². The molecule has 1 heterocycles. The maximum atomic E-state index is 13.6. The molecule has 6 nitrogen and oxygen atoms in total. The first kappa shape index (κ1) is 24.3. The van der Waals surface area contributed by atoms with Crippen LogP contribution in [0.5, 0.6) is 5.75 Å². The van der Waals surface area contributed by atoms with E-state index in [1.807, 2.05) is 0 Å². The lowest BCUT2D eigenvalue weighted by Gasteiger charge is -2.20. The van der Waals surface area contributed by atoms with Gasteiger partial charge in [-0.1, -0.05) is 27.5 Å². The van der Waals surface area contributed by atoms with Crippen molar-refractivity contribution in [3.05, 3.63) is 57.0 Å². The molecular formula is C23H19BrClF3N4O2. The standard InChI is InChI=1S/C23H19BrClF3N4O2/c1-32-18-11-19(34-2)14(21(33)29-13-8-6-12(24)7-9-13)10-17(18)31-22(32)30-16-5-3-4-15(25)20(16)23(26,27)28/h6-11H,3-5H2,1-2H3,(H,29,33). The van der Waals surface area contributed by atoms with Gasteiger partial charge in [-0.2, -0.15) is 13.2 Å². The molecule has 0 atom stereocenters. The molecule has 0 saturated carbocycles. The maximum Gasteiger partial charge on any atom is 0.419 e. The molecule has 0 saturated heterocycles. The van der Waals surface area contributed by atoms with Crippen LogP contribution in [0.4, 0.5) is 24.8 Å². The average Bonchev–Trinajstić information content (AvgIpc) is 3.08. The van der Waals surface area contributed by atoms with Crippen molar-refractivity contribution in [2.45, 2.75) is 25.4 Å². The lowest BCUT2D eigenvalue weighted by Crippen LogP contribution is -2.24. The Hall–Kier alpha value is -2.85. The van der Waals surface area contributed by atoms with Crippen LogP contribution in [0.1, 0.15) is 29.6 Å². The Morgan fingerprint density at radius 1 is 1.24 bits per heavy atom. The van der Waals surface area contributed by atoms with E-state index in [9.17, 15) is 18.0 Å². The number of nitrogens with zero attached hydrogens (tertiary/aromatic N) is 3. The highest BCUT2D eigenvalue weighted by atomic mass is 79.9. The van der Waals surface area contributed by atoms with Gasteiger partial charge in [0.15, 0.2) is 0 Å². The van der Waals surface area contributed by atoms with E-state index in [1.165, 1.54) is 13.2 Å². The second-order valence-corrected chi connectivity index (χ2v) is 9.03. The number of carbonyl (C=O) groups excluding carboxylic acids is 1. The molecule has 34 heavy (non-hydrogen) atoms. The summed E-state index contributed by atoms with van der Waals surface area (Å²) in [7, 11) is 3.07. The van der Waals surface area contributed by atoms with Crippen LogP contribution in [-0.2, 0) is 7.05 Å². The summed E-state index contributed by atoms with van der Waals surface area (Å²) in [5.74, 6) is -0.0486. The van der Waals surface area contributed by atoms with Crippen LogP contribution in [-0.4, -0.2) is 34.5 Å². The number of benzene rings is 2. The molecule has 2 aromatic carbocycles. The zero-order valence-corrected chi connectivity index (χ0v) is 20.5. The van der Waals surface area contributed by atoms with E-state index >= 15 is 0 Å². The smallest absolute Gasteiger partial charge is 0.419 e. The number of aliphatic imine (C=N–C) groups is 1. The van der Waals surface area contributed by atoms with Crippen LogP contribution in [0, 0.1) is 0 Å². The van der Waals surface area contributed by atoms with Gasteiger partial charge in [0.2, 0.25) is 5.95 Å². The molecule has 1 aromatic heterocycles. The van der Waals surface area contributed by atoms with E-state index < -0.39 is 17.7 Å². The predicted octanol–water partition coefficient (Wildman–Crippen LogP) is 6.91. The van der Waals surface area contributed by atoms with Gasteiger partial charge in [-0.3, -0.25) is 4.79 Å². The fourth-order valence-corrected chi connectivity index (χ4v) is 4.37. The molecule has 1 aliphatic carbocycles. The minimum absolute atomic E-state index is 0.0747. The van der Waals surface area contributed by atoms with Gasteiger partial charge in [0.1, 0.15) is 5.75 Å². The third-order valence-electron chi connectivity index (χ3n) is 5.41. The van der Waals surface area contributed by atoms with Crippen molar-refractivity contribution in [2.75, 3.05) is 12.4 Å². The van der Waals surface area contributed by atoms with Crippen molar-refractivity contribution >= 4 is 61.8 Å². The number of ether oxygens (including phenoxy) is 1. The fraction of sp³-hybridized carbons (Fsp3) is 0.261. The third kappa shape index (κ3) is 4.83. The Morgan fingerprint density at radius 3 is 2.59 bits per heavy atom. The first-order valence-electron chi connectivity index (χ1n) is 10.2. The molecule has 1 aliphatic rings. The molecule has 0 aliphatic heterocycles. The van der Waals surface area contributed by atoms with Gasteiger partial charge in [-0.15, -0.1) is 0 Å². The van der Waals surface area contributed by atoms with Gasteiger partial charge in [0.05, 0.1) is 35.0 Å². The minimum atomic E-state index is -4.61. The van der Waals surface area contributed by atoms with Crippen LogP contribution in [0.2, 0.25) is 0 Å². The molecule has 1 N–H and O–H groups in total. The second-order valence-electron chi connectivity index (χ2n) is 7.66. The summed E-state index contributed by atoms with van der Waals surface area (Å²) in [6.07, 6.45) is -3.84. The lowest BCUT2D eigenvalue weighted by atomic mass is 9.96. The number of nitrogens with one attached hydrogen (secondary N) is 1. The molecule has 0 unspecified atom stereocenters. The van der Waals surface area contributed by atoms with Crippen LogP contribution < -0.4 is 10.1 Å². The summed E-state index contributed by atoms with van der Waals surface area (Å²) in [5.41, 5.74) is 0.705. The molecular weight excluding hydrogens is 537 g/mol. The maximum absolute atomic E-state index is 13.6. The number of imidazole rings is 1. The topological polar surface area (TPSA) is 68.5 Å². The third-order valence-corrected chi connectivity index (χ3v) is 6.32. The van der Waals surface area contributed by atoms with Crippen molar-refractivity contribution in [3.63, 3.8) is 0 Å². The number of allylic oxidation sites excluding steroid dienone is 2. The first-order valence-corrected chi connectivity index (χ1v) is 11.4. The SMILES string of the molecule is COc1cc2c(cc1C(=O)Nc1ccc(Br)cc1)nc(N=C1CCCC(Cl)=C1C(F)(F)F)n2C. The number of aryl methyl sites for hydroxylation is 1. The Kier molecular flexibility index (Phi) is 6.73. The van der Waals surface area contributed by atoms with E-state index in [0.29, 0.717) is 28.9 Å². The number of carbonyl (C=O) groups is 1. The summed E-state index contributed by atoms with van der Waals surface area (Å²) in [4.78, 5) is 21.5. The number of aromatic nitrogens is 2. The summed E-state index contributed by atoms with van der Waals surface area (Å²) in [6, 6.07) is 10.2. The molecule has 4 rings (SSSR count). The number of fused-ring (bicyclic) bond motifs is 1. The number of hydrogen-bond donors (Lipinski definition) is 1. The number of halogens is 5. The number of hydrogen-bond acceptors (Lipinski definition) is 4. The van der Waals surface area contributed by atoms with Gasteiger partial charge in [-0.05, 0) is 49.6 Å². The van der Waals surface area contributed by atoms with Crippen LogP contribution >= 0.6 is 27.5 Å². The zero-order chi connectivity index (χ0) is 24.6. The zero-order valence-electron chi connectivity index (χ0n) is 18.1. The molecule has 1 amide bonds. The molecule has 3 aromatic rings. The molecule has 178 valence electrons. The van der Waals surface area contributed by atoms with Gasteiger partial charge in [-0.25, -0.2) is 9.98 Å². The Labute approximate surface area is 206 Å². The van der Waals surface area contributed by atoms with Gasteiger partial charge in [0, 0.05) is 28.3 Å². The number of rotatable bonds is 4. The van der Waals surface area contributed by atoms with Crippen LogP contribution in [0.25, 0.3) is 11.0 Å². The molecule has 0 bridgehead atoms. The molecule has 0 spiro atoms. The van der Waals surface area contributed by atoms with E-state index in [1.54, 1.807) is 41.9 Å². The van der Waals surface area contributed by atoms with Crippen molar-refractivity contribution < 1.29 is 22.7 Å². The molecule has 0 radical (unpaired) electrons. The average molecular weight is 556 g/mol. The van der Waals surface area contributed by atoms with Gasteiger partial charge >= 0.3 is 6.18 Å². The summed E-state index contributed by atoms with van der Waals surface area (Å²) in [5, 5.41) is 2.55. The normalized spacial score (nSPS) is 15.8.